The minimum absolute atomic E-state index is 0.294. The number of rotatable bonds is 2. The summed E-state index contributed by atoms with van der Waals surface area (Å²) in [5, 5.41) is 0.769. The summed E-state index contributed by atoms with van der Waals surface area (Å²) < 4.78 is 27.3. The molecule has 2 heterocycles. The Morgan fingerprint density at radius 3 is 2.68 bits per heavy atom. The third-order valence-corrected chi connectivity index (χ3v) is 6.09. The Labute approximate surface area is 113 Å². The van der Waals surface area contributed by atoms with Crippen molar-refractivity contribution in [3.05, 3.63) is 30.5 Å². The summed E-state index contributed by atoms with van der Waals surface area (Å²) in [4.78, 5) is 3.43. The number of aromatic amines is 1. The van der Waals surface area contributed by atoms with Gasteiger partial charge >= 0.3 is 0 Å². The van der Waals surface area contributed by atoms with Gasteiger partial charge in [-0.2, -0.15) is 4.31 Å². The van der Waals surface area contributed by atoms with Gasteiger partial charge in [-0.05, 0) is 32.8 Å². The van der Waals surface area contributed by atoms with Crippen molar-refractivity contribution in [2.45, 2.75) is 37.1 Å². The van der Waals surface area contributed by atoms with Crippen LogP contribution in [0.3, 0.4) is 0 Å². The van der Waals surface area contributed by atoms with Gasteiger partial charge in [-0.15, -0.1) is 0 Å². The van der Waals surface area contributed by atoms with E-state index in [1.54, 1.807) is 10.5 Å². The second-order valence-electron chi connectivity index (χ2n) is 5.69. The van der Waals surface area contributed by atoms with E-state index in [0.717, 1.165) is 23.7 Å². The molecular formula is C14H18N2O2S. The fourth-order valence-electron chi connectivity index (χ4n) is 2.91. The summed E-state index contributed by atoms with van der Waals surface area (Å²) in [6.07, 6.45) is 3.44. The van der Waals surface area contributed by atoms with Crippen LogP contribution in [-0.4, -0.2) is 29.8 Å². The smallest absolute Gasteiger partial charge is 0.245 e. The summed E-state index contributed by atoms with van der Waals surface area (Å²) in [7, 11) is -3.43. The van der Waals surface area contributed by atoms with Crippen LogP contribution in [0.4, 0.5) is 0 Å². The molecule has 0 atom stereocenters. The summed E-state index contributed by atoms with van der Waals surface area (Å²) >= 11 is 0. The van der Waals surface area contributed by atoms with E-state index in [2.05, 4.69) is 4.98 Å². The fraction of sp³-hybridized carbons (Fsp3) is 0.429. The molecule has 0 radical (unpaired) electrons. The van der Waals surface area contributed by atoms with Crippen molar-refractivity contribution in [1.82, 2.24) is 9.29 Å². The van der Waals surface area contributed by atoms with Crippen LogP contribution >= 0.6 is 0 Å². The van der Waals surface area contributed by atoms with E-state index in [0.29, 0.717) is 11.4 Å². The van der Waals surface area contributed by atoms with Crippen LogP contribution in [0.5, 0.6) is 0 Å². The van der Waals surface area contributed by atoms with Gasteiger partial charge in [-0.3, -0.25) is 0 Å². The number of sulfonamides is 1. The molecule has 0 amide bonds. The van der Waals surface area contributed by atoms with Gasteiger partial charge in [0.1, 0.15) is 4.90 Å². The molecular weight excluding hydrogens is 260 g/mol. The molecule has 0 bridgehead atoms. The van der Waals surface area contributed by atoms with E-state index in [4.69, 9.17) is 0 Å². The molecule has 1 saturated heterocycles. The van der Waals surface area contributed by atoms with Crippen molar-refractivity contribution < 1.29 is 8.42 Å². The first kappa shape index (κ1) is 12.7. The number of aromatic nitrogens is 1. The van der Waals surface area contributed by atoms with E-state index >= 15 is 0 Å². The highest BCUT2D eigenvalue weighted by atomic mass is 32.2. The lowest BCUT2D eigenvalue weighted by Gasteiger charge is -2.30. The Balaban J connectivity index is 2.15. The first-order valence-corrected chi connectivity index (χ1v) is 7.96. The zero-order chi connectivity index (χ0) is 13.7. The van der Waals surface area contributed by atoms with Gasteiger partial charge in [0.05, 0.1) is 0 Å². The van der Waals surface area contributed by atoms with Gasteiger partial charge in [0.2, 0.25) is 10.0 Å². The van der Waals surface area contributed by atoms with Crippen LogP contribution in [0.15, 0.2) is 35.4 Å². The normalized spacial score (nSPS) is 20.1. The number of para-hydroxylation sites is 1. The van der Waals surface area contributed by atoms with E-state index in [-0.39, 0.29) is 5.54 Å². The van der Waals surface area contributed by atoms with Crippen molar-refractivity contribution in [3.8, 4) is 0 Å². The molecule has 1 N–H and O–H groups in total. The Morgan fingerprint density at radius 1 is 1.26 bits per heavy atom. The zero-order valence-corrected chi connectivity index (χ0v) is 12.0. The summed E-state index contributed by atoms with van der Waals surface area (Å²) in [5.41, 5.74) is 0.565. The van der Waals surface area contributed by atoms with Crippen LogP contribution in [0.1, 0.15) is 26.7 Å². The van der Waals surface area contributed by atoms with Crippen molar-refractivity contribution in [3.63, 3.8) is 0 Å². The minimum Gasteiger partial charge on any atom is -0.360 e. The molecule has 102 valence electrons. The maximum absolute atomic E-state index is 12.8. The van der Waals surface area contributed by atoms with Crippen molar-refractivity contribution >= 4 is 20.9 Å². The molecule has 1 aliphatic heterocycles. The van der Waals surface area contributed by atoms with Gasteiger partial charge in [0, 0.05) is 29.2 Å². The van der Waals surface area contributed by atoms with Crippen molar-refractivity contribution in [1.29, 1.82) is 0 Å². The van der Waals surface area contributed by atoms with Gasteiger partial charge < -0.3 is 4.98 Å². The van der Waals surface area contributed by atoms with Crippen LogP contribution in [0.2, 0.25) is 0 Å². The molecule has 0 saturated carbocycles. The number of fused-ring (bicyclic) bond motifs is 1. The molecule has 3 rings (SSSR count). The highest BCUT2D eigenvalue weighted by molar-refractivity contribution is 7.89. The molecule has 19 heavy (non-hydrogen) atoms. The number of nitrogens with one attached hydrogen (secondary N) is 1. The van der Waals surface area contributed by atoms with Gasteiger partial charge in [-0.25, -0.2) is 8.42 Å². The topological polar surface area (TPSA) is 53.2 Å². The predicted octanol–water partition coefficient (Wildman–Crippen LogP) is 2.73. The number of H-pyrrole nitrogens is 1. The Hall–Kier alpha value is -1.33. The maximum atomic E-state index is 12.8. The number of hydrogen-bond donors (Lipinski definition) is 1. The van der Waals surface area contributed by atoms with E-state index in [1.165, 1.54) is 0 Å². The second kappa shape index (κ2) is 4.08. The SMILES string of the molecule is CC1(C)CCCN1S(=O)(=O)c1c[nH]c2ccccc12. The molecule has 0 unspecified atom stereocenters. The first-order valence-electron chi connectivity index (χ1n) is 6.52. The molecule has 1 aromatic carbocycles. The number of hydrogen-bond acceptors (Lipinski definition) is 2. The molecule has 1 fully saturated rings. The summed E-state index contributed by atoms with van der Waals surface area (Å²) in [6.45, 7) is 4.59. The minimum atomic E-state index is -3.43. The zero-order valence-electron chi connectivity index (χ0n) is 11.2. The quantitative estimate of drug-likeness (QED) is 0.918. The van der Waals surface area contributed by atoms with Gasteiger partial charge in [-0.1, -0.05) is 18.2 Å². The predicted molar refractivity (Wildman–Crippen MR) is 75.5 cm³/mol. The lowest BCUT2D eigenvalue weighted by Crippen LogP contribution is -2.42. The lowest BCUT2D eigenvalue weighted by molar-refractivity contribution is 0.292. The van der Waals surface area contributed by atoms with Gasteiger partial charge in [0.25, 0.3) is 0 Å². The fourth-order valence-corrected chi connectivity index (χ4v) is 4.92. The van der Waals surface area contributed by atoms with E-state index in [1.807, 2.05) is 38.1 Å². The largest absolute Gasteiger partial charge is 0.360 e. The third-order valence-electron chi connectivity index (χ3n) is 3.94. The summed E-state index contributed by atoms with van der Waals surface area (Å²) in [5.74, 6) is 0. The van der Waals surface area contributed by atoms with Crippen LogP contribution in [-0.2, 0) is 10.0 Å². The molecule has 0 spiro atoms. The Bertz CT molecular complexity index is 716. The van der Waals surface area contributed by atoms with Crippen molar-refractivity contribution in [2.24, 2.45) is 0 Å². The molecule has 4 nitrogen and oxygen atoms in total. The highest BCUT2D eigenvalue weighted by Gasteiger charge is 2.41. The standard InChI is InChI=1S/C14H18N2O2S/c1-14(2)8-5-9-16(14)19(17,18)13-10-15-12-7-4-3-6-11(12)13/h3-4,6-7,10,15H,5,8-9H2,1-2H3. The lowest BCUT2D eigenvalue weighted by atomic mass is 10.0. The Kier molecular flexibility index (Phi) is 2.73. The molecule has 0 aliphatic carbocycles. The number of benzene rings is 1. The third kappa shape index (κ3) is 1.88. The second-order valence-corrected chi connectivity index (χ2v) is 7.52. The number of nitrogens with zero attached hydrogens (tertiary/aromatic N) is 1. The molecule has 1 aliphatic rings. The maximum Gasteiger partial charge on any atom is 0.245 e. The highest BCUT2D eigenvalue weighted by Crippen LogP contribution is 2.35. The van der Waals surface area contributed by atoms with Crippen LogP contribution < -0.4 is 0 Å². The molecule has 1 aromatic heterocycles. The first-order chi connectivity index (χ1) is 8.93. The van der Waals surface area contributed by atoms with Crippen LogP contribution in [0, 0.1) is 0 Å². The van der Waals surface area contributed by atoms with E-state index < -0.39 is 10.0 Å². The monoisotopic (exact) mass is 278 g/mol. The van der Waals surface area contributed by atoms with Crippen molar-refractivity contribution in [2.75, 3.05) is 6.54 Å². The van der Waals surface area contributed by atoms with E-state index in [9.17, 15) is 8.42 Å². The van der Waals surface area contributed by atoms with Crippen LogP contribution in [0.25, 0.3) is 10.9 Å². The molecule has 2 aromatic rings. The molecule has 5 heteroatoms. The average Bonchev–Trinajstić information content (AvgIpc) is 2.92. The Morgan fingerprint density at radius 2 is 2.00 bits per heavy atom. The average molecular weight is 278 g/mol. The van der Waals surface area contributed by atoms with Gasteiger partial charge in [0.15, 0.2) is 0 Å². The summed E-state index contributed by atoms with van der Waals surface area (Å²) in [6, 6.07) is 7.50.